The number of rotatable bonds is 3. The van der Waals surface area contributed by atoms with Gasteiger partial charge in [-0.1, -0.05) is 24.6 Å². The van der Waals surface area contributed by atoms with E-state index in [1.165, 1.54) is 6.42 Å². The summed E-state index contributed by atoms with van der Waals surface area (Å²) in [5.74, 6) is 0.372. The van der Waals surface area contributed by atoms with Crippen molar-refractivity contribution >= 4 is 0 Å². The fourth-order valence-corrected chi connectivity index (χ4v) is 2.71. The molecule has 1 nitrogen and oxygen atoms in total. The van der Waals surface area contributed by atoms with Crippen molar-refractivity contribution in [2.45, 2.75) is 45.1 Å². The van der Waals surface area contributed by atoms with E-state index in [0.717, 1.165) is 30.5 Å². The third kappa shape index (κ3) is 2.43. The zero-order valence-corrected chi connectivity index (χ0v) is 10.1. The second kappa shape index (κ2) is 4.96. The van der Waals surface area contributed by atoms with E-state index >= 15 is 0 Å². The molecule has 16 heavy (non-hydrogen) atoms. The molecule has 2 heteroatoms. The highest BCUT2D eigenvalue weighted by atomic mass is 19.1. The van der Waals surface area contributed by atoms with Crippen molar-refractivity contribution in [1.82, 2.24) is 5.32 Å². The minimum Gasteiger partial charge on any atom is -0.314 e. The summed E-state index contributed by atoms with van der Waals surface area (Å²) in [6, 6.07) is 6.03. The van der Waals surface area contributed by atoms with Gasteiger partial charge in [-0.25, -0.2) is 4.39 Å². The Morgan fingerprint density at radius 2 is 2.19 bits per heavy atom. The van der Waals surface area contributed by atoms with E-state index in [9.17, 15) is 4.39 Å². The van der Waals surface area contributed by atoms with Crippen LogP contribution in [0.2, 0.25) is 0 Å². The molecule has 1 aromatic rings. The number of hydrogen-bond donors (Lipinski definition) is 1. The molecule has 2 rings (SSSR count). The summed E-state index contributed by atoms with van der Waals surface area (Å²) < 4.78 is 13.7. The zero-order chi connectivity index (χ0) is 11.5. The molecular formula is C14H20FN. The molecule has 1 fully saturated rings. The number of benzene rings is 1. The van der Waals surface area contributed by atoms with E-state index in [1.54, 1.807) is 6.07 Å². The van der Waals surface area contributed by atoms with E-state index in [-0.39, 0.29) is 5.82 Å². The maximum atomic E-state index is 13.7. The van der Waals surface area contributed by atoms with Gasteiger partial charge in [-0.15, -0.1) is 0 Å². The topological polar surface area (TPSA) is 12.0 Å². The molecule has 0 radical (unpaired) electrons. The van der Waals surface area contributed by atoms with Crippen molar-refractivity contribution in [3.63, 3.8) is 0 Å². The Labute approximate surface area is 97.1 Å². The summed E-state index contributed by atoms with van der Waals surface area (Å²) in [5.41, 5.74) is 2.07. The van der Waals surface area contributed by atoms with Gasteiger partial charge in [0.15, 0.2) is 0 Å². The monoisotopic (exact) mass is 221 g/mol. The lowest BCUT2D eigenvalue weighted by Gasteiger charge is -2.13. The molecule has 0 aliphatic heterocycles. The molecule has 1 aliphatic rings. The SMILES string of the molecule is CCNC1CCC(c2cc(C)ccc2F)C1. The Hall–Kier alpha value is -0.890. The van der Waals surface area contributed by atoms with E-state index < -0.39 is 0 Å². The summed E-state index contributed by atoms with van der Waals surface area (Å²) in [7, 11) is 0. The number of halogens is 1. The van der Waals surface area contributed by atoms with Crippen LogP contribution in [0.15, 0.2) is 18.2 Å². The van der Waals surface area contributed by atoms with Crippen LogP contribution in [0, 0.1) is 12.7 Å². The highest BCUT2D eigenvalue weighted by molar-refractivity contribution is 5.28. The fraction of sp³-hybridized carbons (Fsp3) is 0.571. The van der Waals surface area contributed by atoms with Crippen LogP contribution in [0.5, 0.6) is 0 Å². The van der Waals surface area contributed by atoms with Crippen molar-refractivity contribution in [3.05, 3.63) is 35.1 Å². The Morgan fingerprint density at radius 3 is 2.94 bits per heavy atom. The molecule has 2 unspecified atom stereocenters. The lowest BCUT2D eigenvalue weighted by molar-refractivity contribution is 0.527. The number of hydrogen-bond acceptors (Lipinski definition) is 1. The molecule has 0 heterocycles. The van der Waals surface area contributed by atoms with Crippen LogP contribution in [0.1, 0.15) is 43.2 Å². The van der Waals surface area contributed by atoms with Gasteiger partial charge in [0, 0.05) is 6.04 Å². The molecule has 0 bridgehead atoms. The molecule has 2 atom stereocenters. The zero-order valence-electron chi connectivity index (χ0n) is 10.1. The second-order valence-electron chi connectivity index (χ2n) is 4.79. The molecule has 1 saturated carbocycles. The highest BCUT2D eigenvalue weighted by Crippen LogP contribution is 2.35. The smallest absolute Gasteiger partial charge is 0.126 e. The van der Waals surface area contributed by atoms with Gasteiger partial charge in [0.25, 0.3) is 0 Å². The molecule has 0 spiro atoms. The maximum absolute atomic E-state index is 13.7. The molecule has 1 N–H and O–H groups in total. The predicted octanol–water partition coefficient (Wildman–Crippen LogP) is 3.38. The first-order chi connectivity index (χ1) is 7.70. The van der Waals surface area contributed by atoms with E-state index in [1.807, 2.05) is 19.1 Å². The third-order valence-corrected chi connectivity index (χ3v) is 3.52. The summed E-state index contributed by atoms with van der Waals surface area (Å²) >= 11 is 0. The van der Waals surface area contributed by atoms with Crippen molar-refractivity contribution in [3.8, 4) is 0 Å². The molecule has 1 aliphatic carbocycles. The van der Waals surface area contributed by atoms with Crippen molar-refractivity contribution in [1.29, 1.82) is 0 Å². The molecule has 1 aromatic carbocycles. The molecule has 0 amide bonds. The van der Waals surface area contributed by atoms with Crippen LogP contribution in [0.4, 0.5) is 4.39 Å². The van der Waals surface area contributed by atoms with Gasteiger partial charge in [-0.2, -0.15) is 0 Å². The Bertz CT molecular complexity index is 362. The second-order valence-corrected chi connectivity index (χ2v) is 4.79. The third-order valence-electron chi connectivity index (χ3n) is 3.52. The van der Waals surface area contributed by atoms with Gasteiger partial charge in [0.05, 0.1) is 0 Å². The molecule has 0 aromatic heterocycles. The van der Waals surface area contributed by atoms with Gasteiger partial charge in [0.1, 0.15) is 5.82 Å². The van der Waals surface area contributed by atoms with Gasteiger partial charge >= 0.3 is 0 Å². The maximum Gasteiger partial charge on any atom is 0.126 e. The minimum atomic E-state index is -0.0345. The predicted molar refractivity (Wildman–Crippen MR) is 65.2 cm³/mol. The van der Waals surface area contributed by atoms with Crippen LogP contribution >= 0.6 is 0 Å². The lowest BCUT2D eigenvalue weighted by atomic mass is 9.95. The Kier molecular flexibility index (Phi) is 3.59. The Balaban J connectivity index is 2.11. The first-order valence-electron chi connectivity index (χ1n) is 6.20. The minimum absolute atomic E-state index is 0.0345. The number of aryl methyl sites for hydroxylation is 1. The lowest BCUT2D eigenvalue weighted by Crippen LogP contribution is -2.25. The largest absolute Gasteiger partial charge is 0.314 e. The van der Waals surface area contributed by atoms with Crippen molar-refractivity contribution < 1.29 is 4.39 Å². The van der Waals surface area contributed by atoms with Crippen LogP contribution in [-0.2, 0) is 0 Å². The standard InChI is InChI=1S/C14H20FN/c1-3-16-12-6-5-11(9-12)13-8-10(2)4-7-14(13)15/h4,7-8,11-12,16H,3,5-6,9H2,1-2H3. The van der Waals surface area contributed by atoms with E-state index in [4.69, 9.17) is 0 Å². The van der Waals surface area contributed by atoms with Crippen LogP contribution < -0.4 is 5.32 Å². The normalized spacial score (nSPS) is 24.9. The van der Waals surface area contributed by atoms with Gasteiger partial charge in [-0.3, -0.25) is 0 Å². The summed E-state index contributed by atoms with van der Waals surface area (Å²) in [6.07, 6.45) is 3.36. The molecular weight excluding hydrogens is 201 g/mol. The Morgan fingerprint density at radius 1 is 1.38 bits per heavy atom. The average molecular weight is 221 g/mol. The summed E-state index contributed by atoms with van der Waals surface area (Å²) in [6.45, 7) is 5.16. The van der Waals surface area contributed by atoms with E-state index in [0.29, 0.717) is 12.0 Å². The van der Waals surface area contributed by atoms with Crippen LogP contribution in [0.3, 0.4) is 0 Å². The summed E-state index contributed by atoms with van der Waals surface area (Å²) in [5, 5.41) is 3.46. The molecule has 0 saturated heterocycles. The van der Waals surface area contributed by atoms with Crippen molar-refractivity contribution in [2.24, 2.45) is 0 Å². The van der Waals surface area contributed by atoms with Crippen LogP contribution in [-0.4, -0.2) is 12.6 Å². The fourth-order valence-electron chi connectivity index (χ4n) is 2.71. The molecule has 88 valence electrons. The van der Waals surface area contributed by atoms with Crippen molar-refractivity contribution in [2.75, 3.05) is 6.54 Å². The summed E-state index contributed by atoms with van der Waals surface area (Å²) in [4.78, 5) is 0. The van der Waals surface area contributed by atoms with E-state index in [2.05, 4.69) is 12.2 Å². The van der Waals surface area contributed by atoms with Gasteiger partial charge < -0.3 is 5.32 Å². The van der Waals surface area contributed by atoms with Gasteiger partial charge in [-0.05, 0) is 50.3 Å². The van der Waals surface area contributed by atoms with Crippen LogP contribution in [0.25, 0.3) is 0 Å². The average Bonchev–Trinajstić information content (AvgIpc) is 2.71. The number of nitrogens with one attached hydrogen (secondary N) is 1. The van der Waals surface area contributed by atoms with Gasteiger partial charge in [0.2, 0.25) is 0 Å². The highest BCUT2D eigenvalue weighted by Gasteiger charge is 2.26. The quantitative estimate of drug-likeness (QED) is 0.825. The first-order valence-corrected chi connectivity index (χ1v) is 6.20. The first kappa shape index (κ1) is 11.6.